The molecule has 0 saturated carbocycles. The molecule has 0 unspecified atom stereocenters. The summed E-state index contributed by atoms with van der Waals surface area (Å²) in [5, 5.41) is 0. The van der Waals surface area contributed by atoms with Gasteiger partial charge in [-0.05, 0) is 17.5 Å². The minimum Gasteiger partial charge on any atom is -0.363 e. The Balaban J connectivity index is 2.13. The van der Waals surface area contributed by atoms with Crippen LogP contribution >= 0.6 is 0 Å². The lowest BCUT2D eigenvalue weighted by atomic mass is 10.0. The molecule has 1 amide bonds. The summed E-state index contributed by atoms with van der Waals surface area (Å²) < 4.78 is 0. The molecule has 2 aromatic rings. The van der Waals surface area contributed by atoms with Crippen LogP contribution in [0.4, 0.5) is 0 Å². The lowest BCUT2D eigenvalue weighted by molar-refractivity contribution is -0.114. The van der Waals surface area contributed by atoms with Gasteiger partial charge in [0, 0.05) is 5.56 Å². The van der Waals surface area contributed by atoms with Crippen LogP contribution in [0.25, 0.3) is 0 Å². The normalized spacial score (nSPS) is 10.0. The Morgan fingerprint density at radius 3 is 1.94 bits per heavy atom. The topological polar surface area (TPSA) is 60.2 Å². The van der Waals surface area contributed by atoms with Gasteiger partial charge in [0.05, 0.1) is 0 Å². The first-order valence-electron chi connectivity index (χ1n) is 5.64. The monoisotopic (exact) mass is 239 g/mol. The zero-order valence-corrected chi connectivity index (χ0v) is 9.80. The molecule has 3 nitrogen and oxygen atoms in total. The molecule has 2 N–H and O–H groups in total. The van der Waals surface area contributed by atoms with Crippen molar-refractivity contribution in [1.29, 1.82) is 0 Å². The lowest BCUT2D eigenvalue weighted by Crippen LogP contribution is -2.22. The second-order valence-corrected chi connectivity index (χ2v) is 4.05. The van der Waals surface area contributed by atoms with Gasteiger partial charge < -0.3 is 5.73 Å². The van der Waals surface area contributed by atoms with Crippen LogP contribution in [-0.4, -0.2) is 11.7 Å². The van der Waals surface area contributed by atoms with Crippen molar-refractivity contribution in [2.45, 2.75) is 6.42 Å². The van der Waals surface area contributed by atoms with Crippen LogP contribution in [0.15, 0.2) is 54.6 Å². The number of rotatable bonds is 4. The fourth-order valence-corrected chi connectivity index (χ4v) is 1.75. The molecule has 0 aromatic heterocycles. The third kappa shape index (κ3) is 2.83. The Bertz CT molecular complexity index is 559. The number of hydrogen-bond acceptors (Lipinski definition) is 2. The van der Waals surface area contributed by atoms with E-state index < -0.39 is 11.7 Å². The maximum Gasteiger partial charge on any atom is 0.289 e. The molecular weight excluding hydrogens is 226 g/mol. The van der Waals surface area contributed by atoms with E-state index in [0.717, 1.165) is 12.0 Å². The molecule has 2 rings (SSSR count). The number of ketones is 1. The summed E-state index contributed by atoms with van der Waals surface area (Å²) >= 11 is 0. The fourth-order valence-electron chi connectivity index (χ4n) is 1.75. The van der Waals surface area contributed by atoms with Crippen LogP contribution in [0, 0.1) is 0 Å². The van der Waals surface area contributed by atoms with Crippen molar-refractivity contribution in [3.05, 3.63) is 71.3 Å². The second-order valence-electron chi connectivity index (χ2n) is 4.05. The van der Waals surface area contributed by atoms with Gasteiger partial charge in [-0.3, -0.25) is 9.59 Å². The summed E-state index contributed by atoms with van der Waals surface area (Å²) in [6.07, 6.45) is 0.798. The van der Waals surface area contributed by atoms with Gasteiger partial charge in [-0.2, -0.15) is 0 Å². The molecule has 0 aliphatic rings. The molecule has 0 aliphatic carbocycles. The Kier molecular flexibility index (Phi) is 3.53. The van der Waals surface area contributed by atoms with E-state index in [2.05, 4.69) is 0 Å². The zero-order valence-electron chi connectivity index (χ0n) is 9.80. The predicted octanol–water partition coefficient (Wildman–Crippen LogP) is 1.95. The van der Waals surface area contributed by atoms with Crippen LogP contribution in [0.2, 0.25) is 0 Å². The number of carbonyl (C=O) groups excluding carboxylic acids is 2. The molecule has 0 spiro atoms. The third-order valence-electron chi connectivity index (χ3n) is 2.69. The van der Waals surface area contributed by atoms with Crippen molar-refractivity contribution < 1.29 is 9.59 Å². The van der Waals surface area contributed by atoms with E-state index in [4.69, 9.17) is 5.73 Å². The molecule has 90 valence electrons. The first-order chi connectivity index (χ1) is 8.66. The highest BCUT2D eigenvalue weighted by Crippen LogP contribution is 2.11. The second kappa shape index (κ2) is 5.27. The van der Waals surface area contributed by atoms with Gasteiger partial charge >= 0.3 is 0 Å². The van der Waals surface area contributed by atoms with Gasteiger partial charge in [-0.1, -0.05) is 54.6 Å². The van der Waals surface area contributed by atoms with E-state index in [0.29, 0.717) is 5.56 Å². The maximum absolute atomic E-state index is 11.3. The lowest BCUT2D eigenvalue weighted by Gasteiger charge is -2.03. The van der Waals surface area contributed by atoms with E-state index >= 15 is 0 Å². The molecule has 0 heterocycles. The summed E-state index contributed by atoms with van der Waals surface area (Å²) in [4.78, 5) is 22.1. The van der Waals surface area contributed by atoms with Crippen molar-refractivity contribution in [3.63, 3.8) is 0 Å². The third-order valence-corrected chi connectivity index (χ3v) is 2.69. The summed E-state index contributed by atoms with van der Waals surface area (Å²) in [6, 6.07) is 17.0. The largest absolute Gasteiger partial charge is 0.363 e. The summed E-state index contributed by atoms with van der Waals surface area (Å²) in [7, 11) is 0. The van der Waals surface area contributed by atoms with Crippen LogP contribution in [-0.2, 0) is 11.2 Å². The highest BCUT2D eigenvalue weighted by Gasteiger charge is 2.11. The van der Waals surface area contributed by atoms with Crippen molar-refractivity contribution in [2.75, 3.05) is 0 Å². The van der Waals surface area contributed by atoms with E-state index in [9.17, 15) is 9.59 Å². The van der Waals surface area contributed by atoms with E-state index in [1.165, 1.54) is 5.56 Å². The molecule has 0 aliphatic heterocycles. The SMILES string of the molecule is NC(=O)C(=O)c1ccc(Cc2ccccc2)cc1. The molecule has 0 bridgehead atoms. The van der Waals surface area contributed by atoms with Gasteiger partial charge in [0.2, 0.25) is 5.78 Å². The number of benzene rings is 2. The minimum atomic E-state index is -0.925. The van der Waals surface area contributed by atoms with Gasteiger partial charge in [0.15, 0.2) is 0 Å². The van der Waals surface area contributed by atoms with Crippen LogP contribution < -0.4 is 5.73 Å². The van der Waals surface area contributed by atoms with Crippen molar-refractivity contribution in [2.24, 2.45) is 5.73 Å². The van der Waals surface area contributed by atoms with E-state index in [1.807, 2.05) is 42.5 Å². The molecule has 0 radical (unpaired) electrons. The Morgan fingerprint density at radius 2 is 1.39 bits per heavy atom. The van der Waals surface area contributed by atoms with Crippen LogP contribution in [0.1, 0.15) is 21.5 Å². The van der Waals surface area contributed by atoms with E-state index in [-0.39, 0.29) is 0 Å². The van der Waals surface area contributed by atoms with Crippen molar-refractivity contribution >= 4 is 11.7 Å². The summed E-state index contributed by atoms with van der Waals surface area (Å²) in [5.74, 6) is -1.58. The van der Waals surface area contributed by atoms with Crippen molar-refractivity contribution in [3.8, 4) is 0 Å². The zero-order chi connectivity index (χ0) is 13.0. The van der Waals surface area contributed by atoms with Gasteiger partial charge in [-0.25, -0.2) is 0 Å². The number of primary amides is 1. The number of hydrogen-bond donors (Lipinski definition) is 1. The molecule has 18 heavy (non-hydrogen) atoms. The fraction of sp³-hybridized carbons (Fsp3) is 0.0667. The highest BCUT2D eigenvalue weighted by molar-refractivity contribution is 6.42. The summed E-state index contributed by atoms with van der Waals surface area (Å²) in [5.41, 5.74) is 7.56. The van der Waals surface area contributed by atoms with Gasteiger partial charge in [-0.15, -0.1) is 0 Å². The number of amides is 1. The molecule has 0 saturated heterocycles. The van der Waals surface area contributed by atoms with Crippen molar-refractivity contribution in [1.82, 2.24) is 0 Å². The van der Waals surface area contributed by atoms with Gasteiger partial charge in [0.25, 0.3) is 5.91 Å². The first-order valence-corrected chi connectivity index (χ1v) is 5.64. The molecule has 0 atom stereocenters. The standard InChI is InChI=1S/C15H13NO2/c16-15(18)14(17)13-8-6-12(7-9-13)10-11-4-2-1-3-5-11/h1-9H,10H2,(H2,16,18). The predicted molar refractivity (Wildman–Crippen MR) is 69.2 cm³/mol. The Morgan fingerprint density at radius 1 is 0.833 bits per heavy atom. The van der Waals surface area contributed by atoms with Crippen LogP contribution in [0.3, 0.4) is 0 Å². The Hall–Kier alpha value is -2.42. The van der Waals surface area contributed by atoms with Gasteiger partial charge in [0.1, 0.15) is 0 Å². The quantitative estimate of drug-likeness (QED) is 0.654. The van der Waals surface area contributed by atoms with E-state index in [1.54, 1.807) is 12.1 Å². The maximum atomic E-state index is 11.3. The molecule has 2 aromatic carbocycles. The molecular formula is C15H13NO2. The minimum absolute atomic E-state index is 0.333. The highest BCUT2D eigenvalue weighted by atomic mass is 16.2. The average molecular weight is 239 g/mol. The Labute approximate surface area is 105 Å². The first kappa shape index (κ1) is 12.0. The smallest absolute Gasteiger partial charge is 0.289 e. The molecule has 3 heteroatoms. The number of nitrogens with two attached hydrogens (primary N) is 1. The number of carbonyl (C=O) groups is 2. The van der Waals surface area contributed by atoms with Crippen LogP contribution in [0.5, 0.6) is 0 Å². The summed E-state index contributed by atoms with van der Waals surface area (Å²) in [6.45, 7) is 0. The number of Topliss-reactive ketones (excluding diaryl/α,β-unsaturated/α-hetero) is 1. The average Bonchev–Trinajstić information content (AvgIpc) is 2.40. The molecule has 0 fully saturated rings.